The van der Waals surface area contributed by atoms with Crippen molar-refractivity contribution in [2.45, 2.75) is 46.6 Å². The molecule has 1 N–H and O–H groups in total. The van der Waals surface area contributed by atoms with Crippen LogP contribution >= 0.6 is 0 Å². The number of nitrogens with one attached hydrogen (secondary N) is 1. The Morgan fingerprint density at radius 2 is 1.81 bits per heavy atom. The summed E-state index contributed by atoms with van der Waals surface area (Å²) in [6.45, 7) is 10.7. The SMILES string of the molecule is CC(C)Cc1ccc(OCCNC(=O)OC(C)(C)C)cc1. The lowest BCUT2D eigenvalue weighted by atomic mass is 10.0. The van der Waals surface area contributed by atoms with Crippen LogP contribution in [-0.2, 0) is 11.2 Å². The first-order valence-corrected chi connectivity index (χ1v) is 7.45. The lowest BCUT2D eigenvalue weighted by molar-refractivity contribution is 0.0520. The third kappa shape index (κ3) is 8.23. The normalized spacial score (nSPS) is 11.3. The van der Waals surface area contributed by atoms with Crippen molar-refractivity contribution >= 4 is 6.09 Å². The Hall–Kier alpha value is -1.71. The highest BCUT2D eigenvalue weighted by Crippen LogP contribution is 2.14. The largest absolute Gasteiger partial charge is 0.492 e. The van der Waals surface area contributed by atoms with Crippen LogP contribution < -0.4 is 10.1 Å². The van der Waals surface area contributed by atoms with Crippen molar-refractivity contribution in [1.29, 1.82) is 0 Å². The van der Waals surface area contributed by atoms with Gasteiger partial charge in [0.15, 0.2) is 0 Å². The summed E-state index contributed by atoms with van der Waals surface area (Å²) >= 11 is 0. The third-order valence-corrected chi connectivity index (χ3v) is 2.61. The van der Waals surface area contributed by atoms with Gasteiger partial charge in [0.1, 0.15) is 18.0 Å². The molecule has 0 saturated carbocycles. The molecule has 0 aliphatic carbocycles. The number of carbonyl (C=O) groups excluding carboxylic acids is 1. The van der Waals surface area contributed by atoms with Gasteiger partial charge in [-0.1, -0.05) is 26.0 Å². The number of rotatable bonds is 6. The Labute approximate surface area is 127 Å². The van der Waals surface area contributed by atoms with Crippen LogP contribution in [0.25, 0.3) is 0 Å². The number of amides is 1. The lowest BCUT2D eigenvalue weighted by Gasteiger charge is -2.19. The fourth-order valence-corrected chi connectivity index (χ4v) is 1.83. The second-order valence-corrected chi connectivity index (χ2v) is 6.52. The molecular formula is C17H27NO3. The quantitative estimate of drug-likeness (QED) is 0.812. The number of carbonyl (C=O) groups is 1. The van der Waals surface area contributed by atoms with E-state index in [4.69, 9.17) is 9.47 Å². The molecule has 0 spiro atoms. The number of ether oxygens (including phenoxy) is 2. The maximum atomic E-state index is 11.4. The Morgan fingerprint density at radius 3 is 2.33 bits per heavy atom. The first-order valence-electron chi connectivity index (χ1n) is 7.45. The zero-order valence-electron chi connectivity index (χ0n) is 13.7. The minimum absolute atomic E-state index is 0.418. The highest BCUT2D eigenvalue weighted by molar-refractivity contribution is 5.67. The minimum Gasteiger partial charge on any atom is -0.492 e. The molecule has 1 rings (SSSR count). The molecule has 1 aromatic rings. The fraction of sp³-hybridized carbons (Fsp3) is 0.588. The van der Waals surface area contributed by atoms with E-state index in [0.717, 1.165) is 12.2 Å². The van der Waals surface area contributed by atoms with E-state index in [0.29, 0.717) is 19.1 Å². The molecule has 0 saturated heterocycles. The second kappa shape index (κ2) is 7.91. The highest BCUT2D eigenvalue weighted by atomic mass is 16.6. The number of hydrogen-bond acceptors (Lipinski definition) is 3. The molecule has 21 heavy (non-hydrogen) atoms. The van der Waals surface area contributed by atoms with Crippen LogP contribution in [0.3, 0.4) is 0 Å². The summed E-state index contributed by atoms with van der Waals surface area (Å²) in [6.07, 6.45) is 0.652. The van der Waals surface area contributed by atoms with Gasteiger partial charge < -0.3 is 14.8 Å². The van der Waals surface area contributed by atoms with Gasteiger partial charge in [-0.05, 0) is 50.8 Å². The van der Waals surface area contributed by atoms with E-state index in [9.17, 15) is 4.79 Å². The molecule has 4 heteroatoms. The summed E-state index contributed by atoms with van der Waals surface area (Å²) in [5.74, 6) is 1.46. The van der Waals surface area contributed by atoms with Crippen molar-refractivity contribution in [3.8, 4) is 5.75 Å². The first kappa shape index (κ1) is 17.3. The van der Waals surface area contributed by atoms with Crippen molar-refractivity contribution < 1.29 is 14.3 Å². The fourth-order valence-electron chi connectivity index (χ4n) is 1.83. The van der Waals surface area contributed by atoms with E-state index in [1.54, 1.807) is 0 Å². The average Bonchev–Trinajstić information content (AvgIpc) is 2.34. The Balaban J connectivity index is 2.25. The van der Waals surface area contributed by atoms with Gasteiger partial charge in [-0.25, -0.2) is 4.79 Å². The smallest absolute Gasteiger partial charge is 0.407 e. The predicted molar refractivity (Wildman–Crippen MR) is 84.7 cm³/mol. The van der Waals surface area contributed by atoms with Gasteiger partial charge in [-0.2, -0.15) is 0 Å². The van der Waals surface area contributed by atoms with E-state index in [1.807, 2.05) is 32.9 Å². The van der Waals surface area contributed by atoms with Crippen molar-refractivity contribution in [3.63, 3.8) is 0 Å². The van der Waals surface area contributed by atoms with Crippen LogP contribution in [0, 0.1) is 5.92 Å². The van der Waals surface area contributed by atoms with Crippen LogP contribution in [0.2, 0.25) is 0 Å². The molecule has 0 aliphatic heterocycles. The molecule has 118 valence electrons. The van der Waals surface area contributed by atoms with Gasteiger partial charge in [-0.15, -0.1) is 0 Å². The monoisotopic (exact) mass is 293 g/mol. The molecule has 0 heterocycles. The van der Waals surface area contributed by atoms with E-state index >= 15 is 0 Å². The standard InChI is InChI=1S/C17H27NO3/c1-13(2)12-14-6-8-15(9-7-14)20-11-10-18-16(19)21-17(3,4)5/h6-9,13H,10-12H2,1-5H3,(H,18,19). The Kier molecular flexibility index (Phi) is 6.53. The molecule has 0 unspecified atom stereocenters. The molecule has 1 amide bonds. The first-order chi connectivity index (χ1) is 9.76. The van der Waals surface area contributed by atoms with Gasteiger partial charge in [0.05, 0.1) is 6.54 Å². The molecule has 0 aliphatic rings. The topological polar surface area (TPSA) is 47.6 Å². The summed E-state index contributed by atoms with van der Waals surface area (Å²) in [4.78, 5) is 11.4. The van der Waals surface area contributed by atoms with E-state index in [1.165, 1.54) is 5.56 Å². The molecule has 0 atom stereocenters. The summed E-state index contributed by atoms with van der Waals surface area (Å²) in [6, 6.07) is 8.09. The molecular weight excluding hydrogens is 266 g/mol. The van der Waals surface area contributed by atoms with Crippen LogP contribution in [-0.4, -0.2) is 24.8 Å². The molecule has 4 nitrogen and oxygen atoms in total. The van der Waals surface area contributed by atoms with Crippen molar-refractivity contribution in [3.05, 3.63) is 29.8 Å². The van der Waals surface area contributed by atoms with Gasteiger partial charge in [-0.3, -0.25) is 0 Å². The summed E-state index contributed by atoms with van der Waals surface area (Å²) in [5.41, 5.74) is 0.834. The zero-order chi connectivity index (χ0) is 15.9. The zero-order valence-corrected chi connectivity index (χ0v) is 13.7. The van der Waals surface area contributed by atoms with E-state index in [2.05, 4.69) is 31.3 Å². The molecule has 0 aromatic heterocycles. The lowest BCUT2D eigenvalue weighted by Crippen LogP contribution is -2.34. The van der Waals surface area contributed by atoms with Crippen LogP contribution in [0.15, 0.2) is 24.3 Å². The number of benzene rings is 1. The van der Waals surface area contributed by atoms with E-state index in [-0.39, 0.29) is 0 Å². The summed E-state index contributed by atoms with van der Waals surface area (Å²) < 4.78 is 10.7. The minimum atomic E-state index is -0.475. The van der Waals surface area contributed by atoms with Crippen LogP contribution in [0.1, 0.15) is 40.2 Å². The van der Waals surface area contributed by atoms with Crippen LogP contribution in [0.4, 0.5) is 4.79 Å². The van der Waals surface area contributed by atoms with Gasteiger partial charge in [0.25, 0.3) is 0 Å². The summed E-state index contributed by atoms with van der Waals surface area (Å²) in [7, 11) is 0. The average molecular weight is 293 g/mol. The highest BCUT2D eigenvalue weighted by Gasteiger charge is 2.15. The molecule has 0 radical (unpaired) electrons. The maximum absolute atomic E-state index is 11.4. The predicted octanol–water partition coefficient (Wildman–Crippen LogP) is 3.79. The van der Waals surface area contributed by atoms with Gasteiger partial charge >= 0.3 is 6.09 Å². The number of hydrogen-bond donors (Lipinski definition) is 1. The van der Waals surface area contributed by atoms with Gasteiger partial charge in [0.2, 0.25) is 0 Å². The van der Waals surface area contributed by atoms with Crippen molar-refractivity contribution in [2.75, 3.05) is 13.2 Å². The Morgan fingerprint density at radius 1 is 1.19 bits per heavy atom. The molecule has 0 fully saturated rings. The van der Waals surface area contributed by atoms with E-state index < -0.39 is 11.7 Å². The maximum Gasteiger partial charge on any atom is 0.407 e. The third-order valence-electron chi connectivity index (χ3n) is 2.61. The summed E-state index contributed by atoms with van der Waals surface area (Å²) in [5, 5.41) is 2.66. The molecule has 1 aromatic carbocycles. The molecule has 0 bridgehead atoms. The van der Waals surface area contributed by atoms with Crippen LogP contribution in [0.5, 0.6) is 5.75 Å². The number of alkyl carbamates (subject to hydrolysis) is 1. The second-order valence-electron chi connectivity index (χ2n) is 6.52. The van der Waals surface area contributed by atoms with Crippen molar-refractivity contribution in [1.82, 2.24) is 5.32 Å². The Bertz CT molecular complexity index is 432. The van der Waals surface area contributed by atoms with Crippen molar-refractivity contribution in [2.24, 2.45) is 5.92 Å². The van der Waals surface area contributed by atoms with Gasteiger partial charge in [0, 0.05) is 0 Å².